The van der Waals surface area contributed by atoms with Gasteiger partial charge in [0.2, 0.25) is 0 Å². The lowest BCUT2D eigenvalue weighted by molar-refractivity contribution is 0.621. The van der Waals surface area contributed by atoms with Crippen molar-refractivity contribution in [2.75, 3.05) is 11.9 Å². The predicted molar refractivity (Wildman–Crippen MR) is 85.9 cm³/mol. The lowest BCUT2D eigenvalue weighted by Gasteiger charge is -2.19. The lowest BCUT2D eigenvalue weighted by Crippen LogP contribution is -2.13. The second-order valence-electron chi connectivity index (χ2n) is 5.19. The second kappa shape index (κ2) is 6.10. The fourth-order valence-electron chi connectivity index (χ4n) is 2.67. The van der Waals surface area contributed by atoms with E-state index in [0.29, 0.717) is 10.3 Å². The van der Waals surface area contributed by atoms with Crippen molar-refractivity contribution >= 4 is 21.7 Å². The quantitative estimate of drug-likeness (QED) is 0.894. The Bertz CT molecular complexity index is 673. The van der Waals surface area contributed by atoms with Crippen LogP contribution >= 0.6 is 15.9 Å². The van der Waals surface area contributed by atoms with Crippen molar-refractivity contribution in [3.8, 4) is 11.4 Å². The molecule has 5 heteroatoms. The smallest absolute Gasteiger partial charge is 0.161 e. The molecule has 21 heavy (non-hydrogen) atoms. The van der Waals surface area contributed by atoms with Gasteiger partial charge in [-0.25, -0.2) is 14.4 Å². The lowest BCUT2D eigenvalue weighted by atomic mass is 9.96. The molecule has 0 bridgehead atoms. The van der Waals surface area contributed by atoms with Gasteiger partial charge in [-0.2, -0.15) is 0 Å². The molecule has 0 spiro atoms. The normalized spacial score (nSPS) is 13.9. The van der Waals surface area contributed by atoms with Gasteiger partial charge >= 0.3 is 0 Å². The maximum atomic E-state index is 13.4. The van der Waals surface area contributed by atoms with Crippen molar-refractivity contribution < 1.29 is 4.39 Å². The van der Waals surface area contributed by atoms with Crippen molar-refractivity contribution in [1.82, 2.24) is 9.97 Å². The number of fused-ring (bicyclic) bond motifs is 1. The molecule has 3 rings (SSSR count). The van der Waals surface area contributed by atoms with E-state index in [4.69, 9.17) is 4.98 Å². The first-order valence-corrected chi connectivity index (χ1v) is 8.07. The summed E-state index contributed by atoms with van der Waals surface area (Å²) < 4.78 is 13.8. The van der Waals surface area contributed by atoms with Crippen LogP contribution in [0.15, 0.2) is 22.7 Å². The summed E-state index contributed by atoms with van der Waals surface area (Å²) in [4.78, 5) is 9.35. The first kappa shape index (κ1) is 14.4. The first-order chi connectivity index (χ1) is 10.2. The summed E-state index contributed by atoms with van der Waals surface area (Å²) in [5, 5.41) is 3.33. The van der Waals surface area contributed by atoms with E-state index in [2.05, 4.69) is 33.2 Å². The monoisotopic (exact) mass is 349 g/mol. The number of aromatic nitrogens is 2. The zero-order valence-corrected chi connectivity index (χ0v) is 13.5. The van der Waals surface area contributed by atoms with E-state index in [9.17, 15) is 4.39 Å². The van der Waals surface area contributed by atoms with E-state index in [1.807, 2.05) is 0 Å². The van der Waals surface area contributed by atoms with E-state index >= 15 is 0 Å². The van der Waals surface area contributed by atoms with Crippen LogP contribution in [0.2, 0.25) is 0 Å². The van der Waals surface area contributed by atoms with E-state index in [1.165, 1.54) is 24.5 Å². The topological polar surface area (TPSA) is 37.8 Å². The predicted octanol–water partition coefficient (Wildman–Crippen LogP) is 4.36. The molecule has 3 nitrogen and oxygen atoms in total. The molecule has 1 aliphatic carbocycles. The van der Waals surface area contributed by atoms with Gasteiger partial charge in [-0.15, -0.1) is 0 Å². The van der Waals surface area contributed by atoms with Gasteiger partial charge < -0.3 is 5.32 Å². The molecule has 2 aromatic rings. The van der Waals surface area contributed by atoms with Gasteiger partial charge in [0.1, 0.15) is 11.6 Å². The van der Waals surface area contributed by atoms with Crippen molar-refractivity contribution in [3.05, 3.63) is 39.7 Å². The summed E-state index contributed by atoms with van der Waals surface area (Å²) in [6, 6.07) is 4.89. The molecular formula is C16H17BrFN3. The summed E-state index contributed by atoms with van der Waals surface area (Å²) in [7, 11) is 0. The maximum absolute atomic E-state index is 13.4. The molecule has 0 radical (unpaired) electrons. The summed E-state index contributed by atoms with van der Waals surface area (Å²) in [5.41, 5.74) is 3.20. The number of aryl methyl sites for hydroxylation is 1. The molecule has 1 aliphatic rings. The summed E-state index contributed by atoms with van der Waals surface area (Å²) in [6.07, 6.45) is 4.38. The zero-order valence-electron chi connectivity index (χ0n) is 11.9. The molecule has 1 N–H and O–H groups in total. The molecule has 1 heterocycles. The number of nitrogens with zero attached hydrogens (tertiary/aromatic N) is 2. The molecule has 0 amide bonds. The third kappa shape index (κ3) is 2.93. The van der Waals surface area contributed by atoms with Crippen LogP contribution < -0.4 is 5.32 Å². The summed E-state index contributed by atoms with van der Waals surface area (Å²) in [6.45, 7) is 2.89. The number of benzene rings is 1. The standard InChI is InChI=1S/C16H17BrFN3/c1-2-19-16-11-5-3-4-6-14(11)20-15(21-16)10-7-8-13(18)12(17)9-10/h7-9H,2-6H2,1H3,(H,19,20,21). The van der Waals surface area contributed by atoms with Gasteiger partial charge in [-0.05, 0) is 66.7 Å². The minimum Gasteiger partial charge on any atom is -0.370 e. The van der Waals surface area contributed by atoms with E-state index in [0.717, 1.165) is 36.5 Å². The largest absolute Gasteiger partial charge is 0.370 e. The van der Waals surface area contributed by atoms with Crippen LogP contribution in [-0.4, -0.2) is 16.5 Å². The van der Waals surface area contributed by atoms with Crippen molar-refractivity contribution in [3.63, 3.8) is 0 Å². The second-order valence-corrected chi connectivity index (χ2v) is 6.04. The Morgan fingerprint density at radius 2 is 2.05 bits per heavy atom. The number of hydrogen-bond donors (Lipinski definition) is 1. The van der Waals surface area contributed by atoms with Gasteiger partial charge in [0.05, 0.1) is 4.47 Å². The number of rotatable bonds is 3. The van der Waals surface area contributed by atoms with Crippen LogP contribution in [-0.2, 0) is 12.8 Å². The van der Waals surface area contributed by atoms with Crippen molar-refractivity contribution in [2.45, 2.75) is 32.6 Å². The summed E-state index contributed by atoms with van der Waals surface area (Å²) in [5.74, 6) is 1.31. The van der Waals surface area contributed by atoms with Gasteiger partial charge in [0.25, 0.3) is 0 Å². The minimum atomic E-state index is -0.274. The number of halogens is 2. The van der Waals surface area contributed by atoms with E-state index in [1.54, 1.807) is 12.1 Å². The van der Waals surface area contributed by atoms with Gasteiger partial charge in [0.15, 0.2) is 5.82 Å². The summed E-state index contributed by atoms with van der Waals surface area (Å²) >= 11 is 3.22. The van der Waals surface area contributed by atoms with Crippen LogP contribution in [0.3, 0.4) is 0 Å². The Hall–Kier alpha value is -1.49. The number of nitrogens with one attached hydrogen (secondary N) is 1. The molecular weight excluding hydrogens is 333 g/mol. The van der Waals surface area contributed by atoms with Crippen LogP contribution in [0, 0.1) is 5.82 Å². The molecule has 0 saturated carbocycles. The SMILES string of the molecule is CCNc1nc(-c2ccc(F)c(Br)c2)nc2c1CCCC2. The highest BCUT2D eigenvalue weighted by Gasteiger charge is 2.18. The molecule has 0 aliphatic heterocycles. The van der Waals surface area contributed by atoms with Crippen LogP contribution in [0.25, 0.3) is 11.4 Å². The van der Waals surface area contributed by atoms with Crippen LogP contribution in [0.1, 0.15) is 31.0 Å². The molecule has 0 fully saturated rings. The highest BCUT2D eigenvalue weighted by molar-refractivity contribution is 9.10. The highest BCUT2D eigenvalue weighted by Crippen LogP contribution is 2.29. The minimum absolute atomic E-state index is 0.274. The van der Waals surface area contributed by atoms with Crippen molar-refractivity contribution in [1.29, 1.82) is 0 Å². The van der Waals surface area contributed by atoms with Crippen molar-refractivity contribution in [2.24, 2.45) is 0 Å². The Labute approximate surface area is 132 Å². The van der Waals surface area contributed by atoms with Crippen LogP contribution in [0.4, 0.5) is 10.2 Å². The Kier molecular flexibility index (Phi) is 4.19. The zero-order chi connectivity index (χ0) is 14.8. The average molecular weight is 350 g/mol. The third-order valence-corrected chi connectivity index (χ3v) is 4.31. The average Bonchev–Trinajstić information content (AvgIpc) is 2.50. The van der Waals surface area contributed by atoms with Gasteiger partial charge in [-0.3, -0.25) is 0 Å². The molecule has 1 aromatic heterocycles. The molecule has 0 atom stereocenters. The molecule has 0 saturated heterocycles. The fourth-order valence-corrected chi connectivity index (χ4v) is 3.05. The third-order valence-electron chi connectivity index (χ3n) is 3.71. The molecule has 110 valence electrons. The number of anilines is 1. The van der Waals surface area contributed by atoms with Crippen LogP contribution in [0.5, 0.6) is 0 Å². The maximum Gasteiger partial charge on any atom is 0.161 e. The number of hydrogen-bond acceptors (Lipinski definition) is 3. The van der Waals surface area contributed by atoms with Gasteiger partial charge in [-0.1, -0.05) is 0 Å². The Morgan fingerprint density at radius 1 is 1.24 bits per heavy atom. The Morgan fingerprint density at radius 3 is 2.81 bits per heavy atom. The van der Waals surface area contributed by atoms with E-state index in [-0.39, 0.29) is 5.82 Å². The first-order valence-electron chi connectivity index (χ1n) is 7.28. The fraction of sp³-hybridized carbons (Fsp3) is 0.375. The molecule has 0 unspecified atom stereocenters. The molecule has 1 aromatic carbocycles. The van der Waals surface area contributed by atoms with Gasteiger partial charge in [0, 0.05) is 23.4 Å². The van der Waals surface area contributed by atoms with E-state index < -0.39 is 0 Å². The highest BCUT2D eigenvalue weighted by atomic mass is 79.9. The Balaban J connectivity index is 2.09.